The summed E-state index contributed by atoms with van der Waals surface area (Å²) in [6.45, 7) is 4.14. The molecule has 4 nitrogen and oxygen atoms in total. The fraction of sp³-hybridized carbons (Fsp3) is 0.800. The maximum Gasteiger partial charge on any atom is 0.306 e. The minimum absolute atomic E-state index is 0.00570. The lowest BCUT2D eigenvalue weighted by atomic mass is 10.2. The Kier molecular flexibility index (Phi) is 3.49. The van der Waals surface area contributed by atoms with Crippen molar-refractivity contribution < 1.29 is 14.3 Å². The smallest absolute Gasteiger partial charge is 0.306 e. The van der Waals surface area contributed by atoms with Gasteiger partial charge in [0.1, 0.15) is 0 Å². The van der Waals surface area contributed by atoms with E-state index in [1.54, 1.807) is 6.92 Å². The van der Waals surface area contributed by atoms with Crippen LogP contribution in [0.5, 0.6) is 0 Å². The summed E-state index contributed by atoms with van der Waals surface area (Å²) in [5.41, 5.74) is 0.00570. The normalized spacial score (nSPS) is 17.3. The molecule has 1 saturated carbocycles. The lowest BCUT2D eigenvalue weighted by molar-refractivity contribution is -0.144. The zero-order chi connectivity index (χ0) is 10.6. The Hall–Kier alpha value is -1.06. The maximum absolute atomic E-state index is 11.3. The predicted octanol–water partition coefficient (Wildman–Crippen LogP) is 0.998. The van der Waals surface area contributed by atoms with E-state index in [0.717, 1.165) is 12.8 Å². The first-order chi connectivity index (χ1) is 6.56. The molecule has 1 fully saturated rings. The molecule has 1 aliphatic carbocycles. The zero-order valence-electron chi connectivity index (χ0n) is 8.76. The van der Waals surface area contributed by atoms with Crippen LogP contribution in [0.2, 0.25) is 0 Å². The van der Waals surface area contributed by atoms with Crippen molar-refractivity contribution in [3.05, 3.63) is 0 Å². The van der Waals surface area contributed by atoms with Gasteiger partial charge in [-0.05, 0) is 26.7 Å². The molecule has 4 heteroatoms. The van der Waals surface area contributed by atoms with Crippen molar-refractivity contribution in [2.75, 3.05) is 6.61 Å². The topological polar surface area (TPSA) is 55.4 Å². The van der Waals surface area contributed by atoms with E-state index in [0.29, 0.717) is 6.61 Å². The Bertz CT molecular complexity index is 234. The summed E-state index contributed by atoms with van der Waals surface area (Å²) < 4.78 is 4.72. The van der Waals surface area contributed by atoms with Crippen LogP contribution in [-0.4, -0.2) is 24.0 Å². The zero-order valence-corrected chi connectivity index (χ0v) is 8.76. The number of esters is 1. The maximum atomic E-state index is 11.3. The fourth-order valence-electron chi connectivity index (χ4n) is 1.16. The minimum Gasteiger partial charge on any atom is -0.466 e. The van der Waals surface area contributed by atoms with Crippen LogP contribution >= 0.6 is 0 Å². The number of nitrogens with one attached hydrogen (secondary N) is 1. The summed E-state index contributed by atoms with van der Waals surface area (Å²) in [7, 11) is 0. The van der Waals surface area contributed by atoms with E-state index >= 15 is 0 Å². The third-order valence-electron chi connectivity index (χ3n) is 2.30. The molecule has 0 aliphatic heterocycles. The van der Waals surface area contributed by atoms with Crippen LogP contribution in [0, 0.1) is 0 Å². The highest BCUT2D eigenvalue weighted by molar-refractivity contribution is 5.82. The molecule has 0 aromatic heterocycles. The minimum atomic E-state index is -0.302. The molecule has 0 heterocycles. The Balaban J connectivity index is 2.11. The van der Waals surface area contributed by atoms with Crippen molar-refractivity contribution in [2.24, 2.45) is 0 Å². The van der Waals surface area contributed by atoms with E-state index in [1.165, 1.54) is 0 Å². The van der Waals surface area contributed by atoms with E-state index in [-0.39, 0.29) is 30.3 Å². The van der Waals surface area contributed by atoms with Gasteiger partial charge >= 0.3 is 5.97 Å². The standard InChI is InChI=1S/C10H17NO3/c1-3-14-9(13)5-4-8(12)11-10(2)6-7-10/h3-7H2,1-2H3,(H,11,12). The molecule has 1 N–H and O–H groups in total. The van der Waals surface area contributed by atoms with Gasteiger partial charge in [-0.1, -0.05) is 0 Å². The van der Waals surface area contributed by atoms with Gasteiger partial charge in [0.15, 0.2) is 0 Å². The molecule has 0 bridgehead atoms. The van der Waals surface area contributed by atoms with E-state index in [4.69, 9.17) is 4.74 Å². The Morgan fingerprint density at radius 2 is 2.00 bits per heavy atom. The molecular weight excluding hydrogens is 182 g/mol. The number of hydrogen-bond acceptors (Lipinski definition) is 3. The van der Waals surface area contributed by atoms with Crippen LogP contribution < -0.4 is 5.32 Å². The third-order valence-corrected chi connectivity index (χ3v) is 2.30. The van der Waals surface area contributed by atoms with Crippen molar-refractivity contribution in [3.63, 3.8) is 0 Å². The van der Waals surface area contributed by atoms with Gasteiger partial charge in [0.05, 0.1) is 13.0 Å². The summed E-state index contributed by atoms with van der Waals surface area (Å²) in [5, 5.41) is 2.88. The van der Waals surface area contributed by atoms with Crippen molar-refractivity contribution in [1.29, 1.82) is 0 Å². The first-order valence-corrected chi connectivity index (χ1v) is 5.02. The molecule has 14 heavy (non-hydrogen) atoms. The van der Waals surface area contributed by atoms with Crippen molar-refractivity contribution in [3.8, 4) is 0 Å². The summed E-state index contributed by atoms with van der Waals surface area (Å²) in [6, 6.07) is 0. The summed E-state index contributed by atoms with van der Waals surface area (Å²) >= 11 is 0. The van der Waals surface area contributed by atoms with Gasteiger partial charge in [-0.25, -0.2) is 0 Å². The molecule has 1 aliphatic rings. The number of carbonyl (C=O) groups excluding carboxylic acids is 2. The van der Waals surface area contributed by atoms with E-state index in [2.05, 4.69) is 5.32 Å². The first-order valence-electron chi connectivity index (χ1n) is 5.02. The molecular formula is C10H17NO3. The number of hydrogen-bond donors (Lipinski definition) is 1. The molecule has 1 amide bonds. The van der Waals surface area contributed by atoms with Crippen LogP contribution in [0.3, 0.4) is 0 Å². The van der Waals surface area contributed by atoms with E-state index in [9.17, 15) is 9.59 Å². The Morgan fingerprint density at radius 1 is 1.36 bits per heavy atom. The second-order valence-electron chi connectivity index (χ2n) is 3.91. The predicted molar refractivity (Wildman–Crippen MR) is 51.6 cm³/mol. The second kappa shape index (κ2) is 4.44. The summed E-state index contributed by atoms with van der Waals surface area (Å²) in [4.78, 5) is 22.2. The molecule has 0 saturated heterocycles. The van der Waals surface area contributed by atoms with Crippen molar-refractivity contribution in [1.82, 2.24) is 5.32 Å². The fourth-order valence-corrected chi connectivity index (χ4v) is 1.16. The van der Waals surface area contributed by atoms with Crippen LogP contribution in [0.4, 0.5) is 0 Å². The second-order valence-corrected chi connectivity index (χ2v) is 3.91. The van der Waals surface area contributed by atoms with E-state index < -0.39 is 0 Å². The molecule has 0 aromatic carbocycles. The lowest BCUT2D eigenvalue weighted by Crippen LogP contribution is -2.34. The van der Waals surface area contributed by atoms with Gasteiger partial charge in [0, 0.05) is 12.0 Å². The lowest BCUT2D eigenvalue weighted by Gasteiger charge is -2.10. The average Bonchev–Trinajstić information content (AvgIpc) is 2.80. The van der Waals surface area contributed by atoms with E-state index in [1.807, 2.05) is 6.92 Å². The van der Waals surface area contributed by atoms with Crippen LogP contribution in [0.1, 0.15) is 39.5 Å². The largest absolute Gasteiger partial charge is 0.466 e. The molecule has 0 radical (unpaired) electrons. The number of amides is 1. The number of carbonyl (C=O) groups is 2. The monoisotopic (exact) mass is 199 g/mol. The SMILES string of the molecule is CCOC(=O)CCC(=O)NC1(C)CC1. The molecule has 0 aromatic rings. The van der Waals surface area contributed by atoms with Crippen LogP contribution in [0.15, 0.2) is 0 Å². The van der Waals surface area contributed by atoms with Crippen molar-refractivity contribution >= 4 is 11.9 Å². The average molecular weight is 199 g/mol. The summed E-state index contributed by atoms with van der Waals surface area (Å²) in [5.74, 6) is -0.360. The number of rotatable bonds is 5. The van der Waals surface area contributed by atoms with Gasteiger partial charge in [-0.3, -0.25) is 9.59 Å². The molecule has 0 spiro atoms. The summed E-state index contributed by atoms with van der Waals surface area (Å²) in [6.07, 6.45) is 2.49. The molecule has 80 valence electrons. The van der Waals surface area contributed by atoms with Gasteiger partial charge in [0.2, 0.25) is 5.91 Å². The third kappa shape index (κ3) is 3.77. The van der Waals surface area contributed by atoms with Gasteiger partial charge < -0.3 is 10.1 Å². The molecule has 0 atom stereocenters. The highest BCUT2D eigenvalue weighted by Gasteiger charge is 2.38. The molecule has 1 rings (SSSR count). The van der Waals surface area contributed by atoms with Crippen LogP contribution in [-0.2, 0) is 14.3 Å². The first kappa shape index (κ1) is 11.0. The molecule has 0 unspecified atom stereocenters. The van der Waals surface area contributed by atoms with Gasteiger partial charge in [-0.2, -0.15) is 0 Å². The Morgan fingerprint density at radius 3 is 2.50 bits per heavy atom. The van der Waals surface area contributed by atoms with Crippen molar-refractivity contribution in [2.45, 2.75) is 45.1 Å². The Labute approximate surface area is 84.0 Å². The van der Waals surface area contributed by atoms with Gasteiger partial charge in [0.25, 0.3) is 0 Å². The highest BCUT2D eigenvalue weighted by atomic mass is 16.5. The van der Waals surface area contributed by atoms with Crippen LogP contribution in [0.25, 0.3) is 0 Å². The van der Waals surface area contributed by atoms with Gasteiger partial charge in [-0.15, -0.1) is 0 Å². The quantitative estimate of drug-likeness (QED) is 0.672. The highest BCUT2D eigenvalue weighted by Crippen LogP contribution is 2.34. The number of ether oxygens (including phenoxy) is 1.